The van der Waals surface area contributed by atoms with Crippen LogP contribution in [-0.2, 0) is 16.2 Å². The maximum atomic E-state index is 13.6. The number of hydrogen-bond acceptors (Lipinski definition) is 5. The van der Waals surface area contributed by atoms with Gasteiger partial charge in [-0.2, -0.15) is 0 Å². The van der Waals surface area contributed by atoms with Crippen LogP contribution in [0.15, 0.2) is 41.6 Å². The van der Waals surface area contributed by atoms with Crippen LogP contribution in [0.3, 0.4) is 0 Å². The number of oxime groups is 1. The lowest BCUT2D eigenvalue weighted by atomic mass is 9.76. The highest BCUT2D eigenvalue weighted by Gasteiger charge is 2.51. The van der Waals surface area contributed by atoms with Gasteiger partial charge in [-0.15, -0.1) is 0 Å². The SMILES string of the molecule is CCOc1cc(-c2ccc(F)cc2)c(C2CC2)cc1CN1CC2(CC([C@H]3CC[C@H](C(=O)O)CC3)=NO2)C1. The number of halogens is 1. The monoisotopic (exact) mass is 506 g/mol. The third-order valence-electron chi connectivity index (χ3n) is 8.53. The normalized spacial score (nSPS) is 24.9. The maximum absolute atomic E-state index is 13.6. The van der Waals surface area contributed by atoms with Gasteiger partial charge in [0.1, 0.15) is 11.6 Å². The molecule has 0 amide bonds. The summed E-state index contributed by atoms with van der Waals surface area (Å²) in [4.78, 5) is 19.7. The Hall–Kier alpha value is -2.93. The molecule has 0 atom stereocenters. The Morgan fingerprint density at radius 2 is 1.81 bits per heavy atom. The van der Waals surface area contributed by atoms with Crippen LogP contribution in [0, 0.1) is 17.7 Å². The second-order valence-electron chi connectivity index (χ2n) is 11.3. The van der Waals surface area contributed by atoms with Crippen molar-refractivity contribution in [2.45, 2.75) is 69.9 Å². The predicted octanol–water partition coefficient (Wildman–Crippen LogP) is 5.99. The molecule has 6 nitrogen and oxygen atoms in total. The summed E-state index contributed by atoms with van der Waals surface area (Å²) in [7, 11) is 0. The van der Waals surface area contributed by atoms with Crippen LogP contribution < -0.4 is 4.74 Å². The molecule has 0 radical (unpaired) electrons. The molecular formula is C30H35FN2O4. The Kier molecular flexibility index (Phi) is 6.43. The minimum absolute atomic E-state index is 0.207. The number of benzene rings is 2. The van der Waals surface area contributed by atoms with Gasteiger partial charge in [0, 0.05) is 37.5 Å². The van der Waals surface area contributed by atoms with Crippen molar-refractivity contribution in [1.29, 1.82) is 0 Å². The number of likely N-dealkylation sites (tertiary alicyclic amines) is 1. The molecule has 0 unspecified atom stereocenters. The molecule has 2 saturated carbocycles. The molecule has 1 saturated heterocycles. The molecule has 2 aliphatic carbocycles. The molecular weight excluding hydrogens is 471 g/mol. The summed E-state index contributed by atoms with van der Waals surface area (Å²) < 4.78 is 19.6. The first-order valence-electron chi connectivity index (χ1n) is 13.7. The van der Waals surface area contributed by atoms with E-state index in [9.17, 15) is 14.3 Å². The first-order chi connectivity index (χ1) is 17.9. The highest BCUT2D eigenvalue weighted by Crippen LogP contribution is 2.47. The van der Waals surface area contributed by atoms with E-state index < -0.39 is 5.97 Å². The van der Waals surface area contributed by atoms with Crippen LogP contribution in [0.5, 0.6) is 5.75 Å². The van der Waals surface area contributed by atoms with Gasteiger partial charge in [-0.1, -0.05) is 17.3 Å². The molecule has 2 aromatic carbocycles. The average Bonchev–Trinajstić information content (AvgIpc) is 3.63. The van der Waals surface area contributed by atoms with E-state index >= 15 is 0 Å². The van der Waals surface area contributed by atoms with Crippen LogP contribution in [0.2, 0.25) is 0 Å². The third-order valence-corrected chi connectivity index (χ3v) is 8.53. The number of ether oxygens (including phenoxy) is 1. The quantitative estimate of drug-likeness (QED) is 0.476. The second-order valence-corrected chi connectivity index (χ2v) is 11.3. The second kappa shape index (κ2) is 9.75. The van der Waals surface area contributed by atoms with E-state index in [0.717, 1.165) is 74.3 Å². The van der Waals surface area contributed by atoms with Gasteiger partial charge in [0.2, 0.25) is 0 Å². The van der Waals surface area contributed by atoms with Crippen LogP contribution in [-0.4, -0.2) is 47.0 Å². The van der Waals surface area contributed by atoms with Crippen molar-refractivity contribution in [3.8, 4) is 16.9 Å². The van der Waals surface area contributed by atoms with Crippen molar-refractivity contribution < 1.29 is 23.9 Å². The van der Waals surface area contributed by atoms with Gasteiger partial charge in [-0.3, -0.25) is 9.69 Å². The van der Waals surface area contributed by atoms with Crippen molar-refractivity contribution >= 4 is 11.7 Å². The van der Waals surface area contributed by atoms with Crippen molar-refractivity contribution in [3.05, 3.63) is 53.3 Å². The number of rotatable bonds is 8. The van der Waals surface area contributed by atoms with Gasteiger partial charge in [0.25, 0.3) is 0 Å². The summed E-state index contributed by atoms with van der Waals surface area (Å²) in [5.74, 6) is 0.708. The first kappa shape index (κ1) is 24.4. The number of carbonyl (C=O) groups is 1. The summed E-state index contributed by atoms with van der Waals surface area (Å²) >= 11 is 0. The smallest absolute Gasteiger partial charge is 0.306 e. The van der Waals surface area contributed by atoms with Gasteiger partial charge in [0.15, 0.2) is 5.60 Å². The molecule has 2 aromatic rings. The lowest BCUT2D eigenvalue weighted by Gasteiger charge is -2.45. The lowest BCUT2D eigenvalue weighted by molar-refractivity contribution is -0.142. The Morgan fingerprint density at radius 3 is 2.46 bits per heavy atom. The standard InChI is InChI=1S/C30H35FN2O4/c1-2-36-28-14-26(20-9-11-24(31)12-10-20)25(19-3-4-19)13-23(28)16-33-17-30(18-33)15-27(32-37-30)21-5-7-22(8-6-21)29(34)35/h9-14,19,21-22H,2-8,15-18H2,1H3,(H,34,35)/t21-,22-. The van der Waals surface area contributed by atoms with Crippen LogP contribution in [0.1, 0.15) is 68.9 Å². The Labute approximate surface area is 217 Å². The third kappa shape index (κ3) is 4.98. The number of hydrogen-bond donors (Lipinski definition) is 1. The Balaban J connectivity index is 1.13. The van der Waals surface area contributed by atoms with E-state index in [1.165, 1.54) is 36.1 Å². The number of carboxylic acid groups (broad SMARTS) is 1. The number of nitrogens with zero attached hydrogens (tertiary/aromatic N) is 2. The van der Waals surface area contributed by atoms with Crippen molar-refractivity contribution in [2.75, 3.05) is 19.7 Å². The molecule has 2 heterocycles. The molecule has 6 rings (SSSR count). The summed E-state index contributed by atoms with van der Waals surface area (Å²) in [6, 6.07) is 11.2. The summed E-state index contributed by atoms with van der Waals surface area (Å²) in [6.07, 6.45) is 6.47. The molecule has 2 aliphatic heterocycles. The van der Waals surface area contributed by atoms with Crippen LogP contribution in [0.4, 0.5) is 4.39 Å². The minimum Gasteiger partial charge on any atom is -0.494 e. The largest absolute Gasteiger partial charge is 0.494 e. The van der Waals surface area contributed by atoms with E-state index in [1.807, 2.05) is 19.1 Å². The molecule has 1 spiro atoms. The van der Waals surface area contributed by atoms with Gasteiger partial charge in [-0.05, 0) is 92.3 Å². The molecule has 0 bridgehead atoms. The van der Waals surface area contributed by atoms with E-state index in [2.05, 4.69) is 22.2 Å². The molecule has 1 N–H and O–H groups in total. The Bertz CT molecular complexity index is 1190. The topological polar surface area (TPSA) is 71.4 Å². The zero-order valence-corrected chi connectivity index (χ0v) is 21.4. The van der Waals surface area contributed by atoms with Gasteiger partial charge >= 0.3 is 5.97 Å². The number of aliphatic carboxylic acids is 1. The average molecular weight is 507 g/mol. The number of carboxylic acids is 1. The Morgan fingerprint density at radius 1 is 1.11 bits per heavy atom. The van der Waals surface area contributed by atoms with Crippen molar-refractivity contribution in [2.24, 2.45) is 17.0 Å². The van der Waals surface area contributed by atoms with E-state index in [-0.39, 0.29) is 17.3 Å². The van der Waals surface area contributed by atoms with Crippen LogP contribution >= 0.6 is 0 Å². The van der Waals surface area contributed by atoms with Crippen molar-refractivity contribution in [3.63, 3.8) is 0 Å². The lowest BCUT2D eigenvalue weighted by Crippen LogP contribution is -2.61. The highest BCUT2D eigenvalue weighted by atomic mass is 19.1. The van der Waals surface area contributed by atoms with Gasteiger partial charge in [0.05, 0.1) is 18.2 Å². The van der Waals surface area contributed by atoms with Gasteiger partial charge in [-0.25, -0.2) is 4.39 Å². The minimum atomic E-state index is -0.670. The molecule has 4 aliphatic rings. The zero-order valence-electron chi connectivity index (χ0n) is 21.4. The van der Waals surface area contributed by atoms with E-state index in [1.54, 1.807) is 0 Å². The molecule has 0 aromatic heterocycles. The highest BCUT2D eigenvalue weighted by molar-refractivity contribution is 5.89. The maximum Gasteiger partial charge on any atom is 0.306 e. The van der Waals surface area contributed by atoms with E-state index in [0.29, 0.717) is 18.4 Å². The van der Waals surface area contributed by atoms with Crippen molar-refractivity contribution in [1.82, 2.24) is 4.90 Å². The zero-order chi connectivity index (χ0) is 25.6. The van der Waals surface area contributed by atoms with Gasteiger partial charge < -0.3 is 14.7 Å². The van der Waals surface area contributed by atoms with E-state index in [4.69, 9.17) is 9.57 Å². The fraction of sp³-hybridized carbons (Fsp3) is 0.533. The molecule has 37 heavy (non-hydrogen) atoms. The summed E-state index contributed by atoms with van der Waals surface area (Å²) in [5, 5.41) is 13.8. The van der Waals surface area contributed by atoms with Crippen LogP contribution in [0.25, 0.3) is 11.1 Å². The summed E-state index contributed by atoms with van der Waals surface area (Å²) in [5.41, 5.74) is 5.58. The molecule has 3 fully saturated rings. The fourth-order valence-electron chi connectivity index (χ4n) is 6.40. The first-order valence-corrected chi connectivity index (χ1v) is 13.7. The fourth-order valence-corrected chi connectivity index (χ4v) is 6.40. The predicted molar refractivity (Wildman–Crippen MR) is 139 cm³/mol. The summed E-state index contributed by atoms with van der Waals surface area (Å²) in [6.45, 7) is 5.04. The molecule has 7 heteroatoms. The molecule has 196 valence electrons.